The smallest absolute Gasteiger partial charge is 0.298 e. The molecule has 0 radical (unpaired) electrons. The summed E-state index contributed by atoms with van der Waals surface area (Å²) in [5.74, 6) is 0.142. The molecule has 102 valence electrons. The summed E-state index contributed by atoms with van der Waals surface area (Å²) in [5.41, 5.74) is 5.75. The molecule has 0 aromatic heterocycles. The van der Waals surface area contributed by atoms with E-state index in [1.54, 1.807) is 0 Å². The minimum absolute atomic E-state index is 0.142. The highest BCUT2D eigenvalue weighted by Gasteiger charge is 2.16. The van der Waals surface area contributed by atoms with Crippen molar-refractivity contribution >= 4 is 15.8 Å². The second-order valence-electron chi connectivity index (χ2n) is 4.09. The number of nitrogens with two attached hydrogens (primary N) is 1. The summed E-state index contributed by atoms with van der Waals surface area (Å²) in [6.07, 6.45) is 4.13. The molecular weight excluding hydrogens is 254 g/mol. The van der Waals surface area contributed by atoms with Crippen LogP contribution >= 0.6 is 0 Å². The molecule has 18 heavy (non-hydrogen) atoms. The Morgan fingerprint density at radius 1 is 1.28 bits per heavy atom. The minimum Gasteiger partial charge on any atom is -0.492 e. The van der Waals surface area contributed by atoms with Gasteiger partial charge in [0.15, 0.2) is 0 Å². The van der Waals surface area contributed by atoms with Crippen LogP contribution in [0.15, 0.2) is 23.1 Å². The van der Waals surface area contributed by atoms with E-state index < -0.39 is 10.1 Å². The number of hydrogen-bond donors (Lipinski definition) is 2. The molecule has 1 aromatic carbocycles. The van der Waals surface area contributed by atoms with Crippen molar-refractivity contribution in [2.24, 2.45) is 0 Å². The summed E-state index contributed by atoms with van der Waals surface area (Å²) in [5, 5.41) is 0. The van der Waals surface area contributed by atoms with Crippen LogP contribution < -0.4 is 10.5 Å². The summed E-state index contributed by atoms with van der Waals surface area (Å²) < 4.78 is 36.8. The predicted octanol–water partition coefficient (Wildman–Crippen LogP) is 2.47. The standard InChI is InChI=1S/C12H19NO4S/c1-2-3-4-5-8-17-11-7-6-10(13)9-12(11)18(14,15)16/h6-7,9H,2-5,8,13H2,1H3,(H,14,15,16). The molecule has 5 nitrogen and oxygen atoms in total. The molecule has 0 atom stereocenters. The summed E-state index contributed by atoms with van der Waals surface area (Å²) >= 11 is 0. The van der Waals surface area contributed by atoms with Crippen molar-refractivity contribution in [2.45, 2.75) is 37.5 Å². The van der Waals surface area contributed by atoms with E-state index in [9.17, 15) is 8.42 Å². The third-order valence-corrected chi connectivity index (χ3v) is 3.38. The number of rotatable bonds is 7. The molecule has 1 rings (SSSR count). The monoisotopic (exact) mass is 273 g/mol. The van der Waals surface area contributed by atoms with E-state index in [2.05, 4.69) is 6.92 Å². The van der Waals surface area contributed by atoms with Crippen molar-refractivity contribution in [3.8, 4) is 5.75 Å². The van der Waals surface area contributed by atoms with Crippen molar-refractivity contribution in [1.82, 2.24) is 0 Å². The van der Waals surface area contributed by atoms with E-state index in [4.69, 9.17) is 15.0 Å². The maximum absolute atomic E-state index is 11.2. The van der Waals surface area contributed by atoms with Gasteiger partial charge in [-0.05, 0) is 24.6 Å². The van der Waals surface area contributed by atoms with Crippen LogP contribution in [0.25, 0.3) is 0 Å². The highest BCUT2D eigenvalue weighted by Crippen LogP contribution is 2.26. The first kappa shape index (κ1) is 14.8. The highest BCUT2D eigenvalue weighted by molar-refractivity contribution is 7.86. The fraction of sp³-hybridized carbons (Fsp3) is 0.500. The third-order valence-electron chi connectivity index (χ3n) is 2.50. The quantitative estimate of drug-likeness (QED) is 0.452. The van der Waals surface area contributed by atoms with E-state index in [0.29, 0.717) is 6.61 Å². The zero-order chi connectivity index (χ0) is 13.6. The normalized spacial score (nSPS) is 11.4. The van der Waals surface area contributed by atoms with Crippen LogP contribution in [0.3, 0.4) is 0 Å². The molecule has 0 fully saturated rings. The summed E-state index contributed by atoms with van der Waals surface area (Å²) in [7, 11) is -4.31. The lowest BCUT2D eigenvalue weighted by atomic mass is 10.2. The van der Waals surface area contributed by atoms with Gasteiger partial charge in [-0.1, -0.05) is 26.2 Å². The molecule has 0 aliphatic carbocycles. The summed E-state index contributed by atoms with van der Waals surface area (Å²) in [4.78, 5) is -0.280. The molecule has 3 N–H and O–H groups in total. The van der Waals surface area contributed by atoms with Crippen molar-refractivity contribution in [3.63, 3.8) is 0 Å². The first-order valence-electron chi connectivity index (χ1n) is 5.95. The van der Waals surface area contributed by atoms with Crippen molar-refractivity contribution in [3.05, 3.63) is 18.2 Å². The lowest BCUT2D eigenvalue weighted by molar-refractivity contribution is 0.296. The Kier molecular flexibility index (Phi) is 5.43. The average Bonchev–Trinajstić information content (AvgIpc) is 2.29. The van der Waals surface area contributed by atoms with Gasteiger partial charge in [-0.25, -0.2) is 0 Å². The van der Waals surface area contributed by atoms with Crippen LogP contribution in [0, 0.1) is 0 Å². The largest absolute Gasteiger partial charge is 0.492 e. The van der Waals surface area contributed by atoms with Gasteiger partial charge in [-0.15, -0.1) is 0 Å². The average molecular weight is 273 g/mol. The van der Waals surface area contributed by atoms with Crippen LogP contribution in [-0.2, 0) is 10.1 Å². The van der Waals surface area contributed by atoms with Gasteiger partial charge < -0.3 is 10.5 Å². The molecule has 0 saturated heterocycles. The molecule has 6 heteroatoms. The molecule has 0 amide bonds. The van der Waals surface area contributed by atoms with Crippen LogP contribution in [0.2, 0.25) is 0 Å². The Labute approximate surface area is 108 Å². The predicted molar refractivity (Wildman–Crippen MR) is 70.3 cm³/mol. The van der Waals surface area contributed by atoms with Gasteiger partial charge in [-0.2, -0.15) is 8.42 Å². The van der Waals surface area contributed by atoms with Crippen molar-refractivity contribution in [2.75, 3.05) is 12.3 Å². The zero-order valence-electron chi connectivity index (χ0n) is 10.4. The van der Waals surface area contributed by atoms with Gasteiger partial charge in [-0.3, -0.25) is 4.55 Å². The number of nitrogen functional groups attached to an aromatic ring is 1. The number of anilines is 1. The number of ether oxygens (including phenoxy) is 1. The van der Waals surface area contributed by atoms with E-state index >= 15 is 0 Å². The SMILES string of the molecule is CCCCCCOc1ccc(N)cc1S(=O)(=O)O. The van der Waals surface area contributed by atoms with Crippen LogP contribution in [0.1, 0.15) is 32.6 Å². The molecule has 0 saturated carbocycles. The molecule has 0 unspecified atom stereocenters. The van der Waals surface area contributed by atoms with Crippen LogP contribution in [-0.4, -0.2) is 19.6 Å². The molecule has 0 heterocycles. The number of hydrogen-bond acceptors (Lipinski definition) is 4. The molecular formula is C12H19NO4S. The van der Waals surface area contributed by atoms with Gasteiger partial charge in [0.1, 0.15) is 10.6 Å². The number of unbranched alkanes of at least 4 members (excludes halogenated alkanes) is 3. The molecule has 0 bridgehead atoms. The molecule has 1 aromatic rings. The summed E-state index contributed by atoms with van der Waals surface area (Å²) in [6.45, 7) is 2.53. The van der Waals surface area contributed by atoms with Crippen LogP contribution in [0.4, 0.5) is 5.69 Å². The first-order valence-corrected chi connectivity index (χ1v) is 7.39. The van der Waals surface area contributed by atoms with Crippen LogP contribution in [0.5, 0.6) is 5.75 Å². The van der Waals surface area contributed by atoms with Gasteiger partial charge in [0.2, 0.25) is 0 Å². The maximum Gasteiger partial charge on any atom is 0.298 e. The molecule has 0 aliphatic rings. The van der Waals surface area contributed by atoms with Gasteiger partial charge in [0.05, 0.1) is 6.61 Å². The lowest BCUT2D eigenvalue weighted by Crippen LogP contribution is -2.05. The Hall–Kier alpha value is -1.27. The van der Waals surface area contributed by atoms with E-state index in [1.165, 1.54) is 18.2 Å². The second-order valence-corrected chi connectivity index (χ2v) is 5.48. The Balaban J connectivity index is 2.71. The topological polar surface area (TPSA) is 89.6 Å². The molecule has 0 aliphatic heterocycles. The fourth-order valence-corrected chi connectivity index (χ4v) is 2.22. The zero-order valence-corrected chi connectivity index (χ0v) is 11.2. The Morgan fingerprint density at radius 2 is 2.00 bits per heavy atom. The Morgan fingerprint density at radius 3 is 2.61 bits per heavy atom. The highest BCUT2D eigenvalue weighted by atomic mass is 32.2. The van der Waals surface area contributed by atoms with E-state index in [1.807, 2.05) is 0 Å². The second kappa shape index (κ2) is 6.61. The van der Waals surface area contributed by atoms with E-state index in [0.717, 1.165) is 25.7 Å². The number of benzene rings is 1. The fourth-order valence-electron chi connectivity index (χ4n) is 1.56. The third kappa shape index (κ3) is 4.54. The van der Waals surface area contributed by atoms with Crippen molar-refractivity contribution < 1.29 is 17.7 Å². The summed E-state index contributed by atoms with van der Waals surface area (Å²) in [6, 6.07) is 4.19. The maximum atomic E-state index is 11.2. The van der Waals surface area contributed by atoms with Gasteiger partial charge in [0, 0.05) is 5.69 Å². The Bertz CT molecular complexity index is 485. The van der Waals surface area contributed by atoms with Crippen molar-refractivity contribution in [1.29, 1.82) is 0 Å². The first-order chi connectivity index (χ1) is 8.45. The molecule has 0 spiro atoms. The van der Waals surface area contributed by atoms with E-state index in [-0.39, 0.29) is 16.3 Å². The lowest BCUT2D eigenvalue weighted by Gasteiger charge is -2.10. The van der Waals surface area contributed by atoms with Gasteiger partial charge >= 0.3 is 0 Å². The van der Waals surface area contributed by atoms with Gasteiger partial charge in [0.25, 0.3) is 10.1 Å². The minimum atomic E-state index is -4.31.